The Kier molecular flexibility index (Phi) is 3.40. The monoisotopic (exact) mass is 184 g/mol. The molecule has 1 aromatic rings. The maximum absolute atomic E-state index is 12.6. The zero-order valence-electron chi connectivity index (χ0n) is 6.87. The number of halogens is 1. The van der Waals surface area contributed by atoms with E-state index in [0.717, 1.165) is 6.07 Å². The van der Waals surface area contributed by atoms with Crippen molar-refractivity contribution in [1.82, 2.24) is 0 Å². The number of aldehydes is 1. The first-order chi connectivity index (χ1) is 6.27. The molecule has 0 atom stereocenters. The Morgan fingerprint density at radius 1 is 1.54 bits per heavy atom. The smallest absolute Gasteiger partial charge is 0.153 e. The summed E-state index contributed by atoms with van der Waals surface area (Å²) < 4.78 is 17.6. The molecule has 0 amide bonds. The number of aliphatic hydroxyl groups excluding tert-OH is 1. The predicted octanol–water partition coefficient (Wildman–Crippen LogP) is 1.01. The molecule has 1 N–H and O–H groups in total. The Labute approximate surface area is 74.8 Å². The van der Waals surface area contributed by atoms with Crippen molar-refractivity contribution in [3.63, 3.8) is 0 Å². The molecule has 0 bridgehead atoms. The van der Waals surface area contributed by atoms with Crippen LogP contribution >= 0.6 is 0 Å². The molecule has 1 aromatic carbocycles. The van der Waals surface area contributed by atoms with E-state index in [1.54, 1.807) is 0 Å². The number of carbonyl (C=O) groups is 1. The Balaban J connectivity index is 2.86. The third-order valence-corrected chi connectivity index (χ3v) is 1.45. The van der Waals surface area contributed by atoms with Gasteiger partial charge in [0.15, 0.2) is 6.29 Å². The largest absolute Gasteiger partial charge is 0.490 e. The minimum Gasteiger partial charge on any atom is -0.490 e. The van der Waals surface area contributed by atoms with Crippen molar-refractivity contribution in [2.24, 2.45) is 0 Å². The lowest BCUT2D eigenvalue weighted by Crippen LogP contribution is -2.03. The molecular formula is C9H9FO3. The number of carbonyl (C=O) groups excluding carboxylic acids is 1. The molecule has 0 spiro atoms. The van der Waals surface area contributed by atoms with Crippen molar-refractivity contribution >= 4 is 6.29 Å². The lowest BCUT2D eigenvalue weighted by atomic mass is 10.2. The maximum Gasteiger partial charge on any atom is 0.153 e. The summed E-state index contributed by atoms with van der Waals surface area (Å²) in [6.07, 6.45) is 0.510. The van der Waals surface area contributed by atoms with Crippen molar-refractivity contribution in [2.75, 3.05) is 13.2 Å². The molecule has 0 saturated heterocycles. The van der Waals surface area contributed by atoms with Gasteiger partial charge in [0.05, 0.1) is 12.2 Å². The van der Waals surface area contributed by atoms with Gasteiger partial charge in [-0.2, -0.15) is 0 Å². The quantitative estimate of drug-likeness (QED) is 0.710. The molecule has 0 fully saturated rings. The Hall–Kier alpha value is -1.42. The first-order valence-corrected chi connectivity index (χ1v) is 3.76. The second-order valence-corrected chi connectivity index (χ2v) is 2.37. The second-order valence-electron chi connectivity index (χ2n) is 2.37. The highest BCUT2D eigenvalue weighted by Crippen LogP contribution is 2.17. The van der Waals surface area contributed by atoms with E-state index in [4.69, 9.17) is 9.84 Å². The molecule has 0 aromatic heterocycles. The van der Waals surface area contributed by atoms with Crippen LogP contribution in [0.1, 0.15) is 10.4 Å². The molecule has 4 heteroatoms. The number of benzene rings is 1. The zero-order chi connectivity index (χ0) is 9.68. The summed E-state index contributed by atoms with van der Waals surface area (Å²) in [7, 11) is 0. The van der Waals surface area contributed by atoms with Gasteiger partial charge in [-0.25, -0.2) is 4.39 Å². The second kappa shape index (κ2) is 4.57. The molecule has 0 aliphatic carbocycles. The van der Waals surface area contributed by atoms with E-state index in [0.29, 0.717) is 6.29 Å². The summed E-state index contributed by atoms with van der Waals surface area (Å²) in [4.78, 5) is 10.4. The lowest BCUT2D eigenvalue weighted by molar-refractivity contribution is 0.111. The first-order valence-electron chi connectivity index (χ1n) is 3.76. The zero-order valence-corrected chi connectivity index (χ0v) is 6.87. The van der Waals surface area contributed by atoms with E-state index >= 15 is 0 Å². The van der Waals surface area contributed by atoms with Gasteiger partial charge in [-0.05, 0) is 18.2 Å². The molecular weight excluding hydrogens is 175 g/mol. The van der Waals surface area contributed by atoms with Gasteiger partial charge in [0.1, 0.15) is 18.2 Å². The molecule has 13 heavy (non-hydrogen) atoms. The van der Waals surface area contributed by atoms with Gasteiger partial charge < -0.3 is 9.84 Å². The molecule has 0 aliphatic heterocycles. The van der Waals surface area contributed by atoms with Gasteiger partial charge in [0.2, 0.25) is 0 Å². The Bertz CT molecular complexity index is 299. The van der Waals surface area contributed by atoms with E-state index in [1.165, 1.54) is 12.1 Å². The van der Waals surface area contributed by atoms with Crippen LogP contribution in [-0.4, -0.2) is 24.6 Å². The van der Waals surface area contributed by atoms with Gasteiger partial charge in [-0.3, -0.25) is 4.79 Å². The van der Waals surface area contributed by atoms with Crippen LogP contribution < -0.4 is 4.74 Å². The van der Waals surface area contributed by atoms with Crippen molar-refractivity contribution < 1.29 is 19.0 Å². The van der Waals surface area contributed by atoms with Crippen molar-refractivity contribution in [1.29, 1.82) is 0 Å². The standard InChI is InChI=1S/C9H9FO3/c10-8-1-2-9(13-4-3-11)7(5-8)6-12/h1-2,5-6,11H,3-4H2. The fraction of sp³-hybridized carbons (Fsp3) is 0.222. The Morgan fingerprint density at radius 2 is 2.31 bits per heavy atom. The van der Waals surface area contributed by atoms with Gasteiger partial charge in [0, 0.05) is 0 Å². The number of hydrogen-bond acceptors (Lipinski definition) is 3. The summed E-state index contributed by atoms with van der Waals surface area (Å²) in [5.74, 6) is -0.205. The predicted molar refractivity (Wildman–Crippen MR) is 44.4 cm³/mol. The molecule has 0 unspecified atom stereocenters. The summed E-state index contributed by atoms with van der Waals surface area (Å²) in [6, 6.07) is 3.63. The van der Waals surface area contributed by atoms with Crippen LogP contribution in [0.25, 0.3) is 0 Å². The highest BCUT2D eigenvalue weighted by molar-refractivity contribution is 5.79. The van der Waals surface area contributed by atoms with Crippen LogP contribution in [0.4, 0.5) is 4.39 Å². The molecule has 3 nitrogen and oxygen atoms in total. The van der Waals surface area contributed by atoms with E-state index < -0.39 is 5.82 Å². The van der Waals surface area contributed by atoms with Crippen LogP contribution in [0.15, 0.2) is 18.2 Å². The molecule has 0 heterocycles. The van der Waals surface area contributed by atoms with Crippen molar-refractivity contribution in [2.45, 2.75) is 0 Å². The van der Waals surface area contributed by atoms with Gasteiger partial charge >= 0.3 is 0 Å². The molecule has 0 saturated carbocycles. The normalized spacial score (nSPS) is 9.69. The SMILES string of the molecule is O=Cc1cc(F)ccc1OCCO. The van der Waals surface area contributed by atoms with Gasteiger partial charge in [-0.15, -0.1) is 0 Å². The lowest BCUT2D eigenvalue weighted by Gasteiger charge is -2.05. The van der Waals surface area contributed by atoms with Gasteiger partial charge in [0.25, 0.3) is 0 Å². The fourth-order valence-corrected chi connectivity index (χ4v) is 0.898. The van der Waals surface area contributed by atoms with Crippen molar-refractivity contribution in [3.8, 4) is 5.75 Å². The third kappa shape index (κ3) is 2.52. The van der Waals surface area contributed by atoms with Crippen LogP contribution in [0.2, 0.25) is 0 Å². The highest BCUT2D eigenvalue weighted by atomic mass is 19.1. The third-order valence-electron chi connectivity index (χ3n) is 1.45. The molecule has 70 valence electrons. The Morgan fingerprint density at radius 3 is 2.92 bits per heavy atom. The average Bonchev–Trinajstić information content (AvgIpc) is 2.16. The summed E-state index contributed by atoms with van der Waals surface area (Å²) in [5, 5.41) is 8.46. The number of hydrogen-bond donors (Lipinski definition) is 1. The fourth-order valence-electron chi connectivity index (χ4n) is 0.898. The van der Waals surface area contributed by atoms with Crippen LogP contribution in [-0.2, 0) is 0 Å². The highest BCUT2D eigenvalue weighted by Gasteiger charge is 2.03. The van der Waals surface area contributed by atoms with Crippen LogP contribution in [0, 0.1) is 5.82 Å². The maximum atomic E-state index is 12.6. The minimum absolute atomic E-state index is 0.0898. The van der Waals surface area contributed by atoms with Crippen LogP contribution in [0.3, 0.4) is 0 Å². The summed E-state index contributed by atoms with van der Waals surface area (Å²) in [6.45, 7) is -0.0534. The van der Waals surface area contributed by atoms with E-state index in [-0.39, 0.29) is 24.5 Å². The average molecular weight is 184 g/mol. The number of aliphatic hydroxyl groups is 1. The first kappa shape index (κ1) is 9.67. The molecule has 1 rings (SSSR count). The van der Waals surface area contributed by atoms with Crippen molar-refractivity contribution in [3.05, 3.63) is 29.6 Å². The number of rotatable bonds is 4. The van der Waals surface area contributed by atoms with Gasteiger partial charge in [-0.1, -0.05) is 0 Å². The molecule has 0 aliphatic rings. The van der Waals surface area contributed by atoms with E-state index in [9.17, 15) is 9.18 Å². The van der Waals surface area contributed by atoms with E-state index in [2.05, 4.69) is 0 Å². The summed E-state index contributed by atoms with van der Waals surface area (Å²) in [5.41, 5.74) is 0.147. The van der Waals surface area contributed by atoms with E-state index in [1.807, 2.05) is 0 Å². The topological polar surface area (TPSA) is 46.5 Å². The van der Waals surface area contributed by atoms with Crippen LogP contribution in [0.5, 0.6) is 5.75 Å². The summed E-state index contributed by atoms with van der Waals surface area (Å²) >= 11 is 0. The molecule has 0 radical (unpaired) electrons. The minimum atomic E-state index is -0.488. The number of ether oxygens (including phenoxy) is 1.